The molecule has 21 heavy (non-hydrogen) atoms. The summed E-state index contributed by atoms with van der Waals surface area (Å²) in [6.45, 7) is 3.39. The number of hydrogen-bond acceptors (Lipinski definition) is 4. The van der Waals surface area contributed by atoms with Crippen molar-refractivity contribution in [3.63, 3.8) is 0 Å². The first-order valence-electron chi connectivity index (χ1n) is 7.62. The van der Waals surface area contributed by atoms with Crippen molar-refractivity contribution in [1.82, 2.24) is 10.2 Å². The van der Waals surface area contributed by atoms with Gasteiger partial charge in [-0.2, -0.15) is 0 Å². The molecule has 0 aromatic heterocycles. The minimum atomic E-state index is -0.268. The summed E-state index contributed by atoms with van der Waals surface area (Å²) in [5.41, 5.74) is 0.185. The van der Waals surface area contributed by atoms with Crippen molar-refractivity contribution in [3.05, 3.63) is 23.8 Å². The molecule has 5 heteroatoms. The van der Waals surface area contributed by atoms with E-state index in [0.717, 1.165) is 38.8 Å². The highest BCUT2D eigenvalue weighted by Gasteiger charge is 2.38. The summed E-state index contributed by atoms with van der Waals surface area (Å²) in [6.07, 6.45) is 4.39. The van der Waals surface area contributed by atoms with E-state index in [1.807, 2.05) is 0 Å². The SMILES string of the molecule is O=C(c1c(O)cccc1O)N1CCCC2(CCCNC2)C1. The summed E-state index contributed by atoms with van der Waals surface area (Å²) in [5, 5.41) is 23.2. The number of amides is 1. The first kappa shape index (κ1) is 14.2. The molecule has 114 valence electrons. The third-order valence-electron chi connectivity index (χ3n) is 4.74. The van der Waals surface area contributed by atoms with Crippen LogP contribution in [0.15, 0.2) is 18.2 Å². The average molecular weight is 290 g/mol. The summed E-state index contributed by atoms with van der Waals surface area (Å²) in [6, 6.07) is 4.41. The third-order valence-corrected chi connectivity index (χ3v) is 4.74. The molecule has 2 aliphatic heterocycles. The number of piperidine rings is 2. The van der Waals surface area contributed by atoms with Gasteiger partial charge in [0.1, 0.15) is 17.1 Å². The normalized spacial score (nSPS) is 26.0. The predicted octanol–water partition coefficient (Wildman–Crippen LogP) is 1.70. The highest BCUT2D eigenvalue weighted by atomic mass is 16.3. The van der Waals surface area contributed by atoms with Gasteiger partial charge in [-0.15, -0.1) is 0 Å². The van der Waals surface area contributed by atoms with Crippen LogP contribution in [0.3, 0.4) is 0 Å². The number of carbonyl (C=O) groups excluding carboxylic acids is 1. The predicted molar refractivity (Wildman–Crippen MR) is 79.4 cm³/mol. The van der Waals surface area contributed by atoms with Gasteiger partial charge < -0.3 is 20.4 Å². The number of rotatable bonds is 1. The van der Waals surface area contributed by atoms with Crippen molar-refractivity contribution in [2.45, 2.75) is 25.7 Å². The molecule has 2 fully saturated rings. The molecule has 2 heterocycles. The largest absolute Gasteiger partial charge is 0.507 e. The number of hydrogen-bond donors (Lipinski definition) is 3. The molecule has 3 N–H and O–H groups in total. The third kappa shape index (κ3) is 2.70. The Labute approximate surface area is 124 Å². The fourth-order valence-electron chi connectivity index (χ4n) is 3.67. The van der Waals surface area contributed by atoms with Crippen LogP contribution in [0.5, 0.6) is 11.5 Å². The highest BCUT2D eigenvalue weighted by Crippen LogP contribution is 2.37. The highest BCUT2D eigenvalue weighted by molar-refractivity contribution is 5.99. The molecule has 0 radical (unpaired) electrons. The van der Waals surface area contributed by atoms with Gasteiger partial charge in [0.05, 0.1) is 0 Å². The molecule has 0 saturated carbocycles. The molecule has 1 atom stereocenters. The van der Waals surface area contributed by atoms with Crippen LogP contribution in [0, 0.1) is 5.41 Å². The van der Waals surface area contributed by atoms with E-state index in [4.69, 9.17) is 0 Å². The lowest BCUT2D eigenvalue weighted by atomic mass is 9.74. The molecule has 0 bridgehead atoms. The molecule has 0 aliphatic carbocycles. The number of benzene rings is 1. The second kappa shape index (κ2) is 5.56. The molecule has 3 rings (SSSR count). The topological polar surface area (TPSA) is 72.8 Å². The number of likely N-dealkylation sites (tertiary alicyclic amines) is 1. The Hall–Kier alpha value is -1.75. The van der Waals surface area contributed by atoms with E-state index in [1.54, 1.807) is 4.90 Å². The van der Waals surface area contributed by atoms with E-state index in [1.165, 1.54) is 18.2 Å². The van der Waals surface area contributed by atoms with Gasteiger partial charge in [-0.25, -0.2) is 0 Å². The number of phenols is 2. The van der Waals surface area contributed by atoms with Gasteiger partial charge in [0.15, 0.2) is 0 Å². The Bertz CT molecular complexity index is 513. The minimum Gasteiger partial charge on any atom is -0.507 e. The smallest absolute Gasteiger partial charge is 0.261 e. The Morgan fingerprint density at radius 3 is 2.57 bits per heavy atom. The van der Waals surface area contributed by atoms with E-state index < -0.39 is 0 Å². The van der Waals surface area contributed by atoms with E-state index in [9.17, 15) is 15.0 Å². The molecule has 2 aliphatic rings. The van der Waals surface area contributed by atoms with Crippen LogP contribution in [0.4, 0.5) is 0 Å². The van der Waals surface area contributed by atoms with Gasteiger partial charge in [-0.05, 0) is 44.4 Å². The summed E-state index contributed by atoms with van der Waals surface area (Å²) >= 11 is 0. The molecule has 1 amide bonds. The second-order valence-electron chi connectivity index (χ2n) is 6.28. The maximum atomic E-state index is 12.7. The summed E-state index contributed by atoms with van der Waals surface area (Å²) < 4.78 is 0. The Balaban J connectivity index is 1.81. The van der Waals surface area contributed by atoms with Crippen molar-refractivity contribution >= 4 is 5.91 Å². The first-order valence-corrected chi connectivity index (χ1v) is 7.62. The molecule has 1 spiro atoms. The number of phenolic OH excluding ortho intramolecular Hbond substituents is 2. The maximum Gasteiger partial charge on any atom is 0.261 e. The zero-order valence-electron chi connectivity index (χ0n) is 12.1. The van der Waals surface area contributed by atoms with Crippen LogP contribution in [0.25, 0.3) is 0 Å². The van der Waals surface area contributed by atoms with E-state index in [-0.39, 0.29) is 28.4 Å². The van der Waals surface area contributed by atoms with Crippen LogP contribution in [0.1, 0.15) is 36.0 Å². The molecule has 1 aromatic rings. The van der Waals surface area contributed by atoms with Gasteiger partial charge in [0.2, 0.25) is 0 Å². The summed E-state index contributed by atoms with van der Waals surface area (Å²) in [4.78, 5) is 14.4. The fraction of sp³-hybridized carbons (Fsp3) is 0.562. The lowest BCUT2D eigenvalue weighted by molar-refractivity contribution is 0.0429. The zero-order valence-corrected chi connectivity index (χ0v) is 12.1. The Morgan fingerprint density at radius 2 is 1.90 bits per heavy atom. The Kier molecular flexibility index (Phi) is 3.76. The Morgan fingerprint density at radius 1 is 1.19 bits per heavy atom. The monoisotopic (exact) mass is 290 g/mol. The van der Waals surface area contributed by atoms with Crippen molar-refractivity contribution in [2.24, 2.45) is 5.41 Å². The molecular formula is C16H22N2O3. The van der Waals surface area contributed by atoms with Crippen LogP contribution in [-0.4, -0.2) is 47.2 Å². The number of nitrogens with zero attached hydrogens (tertiary/aromatic N) is 1. The van der Waals surface area contributed by atoms with Gasteiger partial charge >= 0.3 is 0 Å². The fourth-order valence-corrected chi connectivity index (χ4v) is 3.67. The van der Waals surface area contributed by atoms with Crippen LogP contribution in [0.2, 0.25) is 0 Å². The standard InChI is InChI=1S/C16H22N2O3/c19-12-4-1-5-13(20)14(12)15(21)18-9-3-7-16(11-18)6-2-8-17-10-16/h1,4-5,17,19-20H,2-3,6-11H2. The minimum absolute atomic E-state index is 0.0262. The van der Waals surface area contributed by atoms with Gasteiger partial charge in [0.25, 0.3) is 5.91 Å². The molecule has 5 nitrogen and oxygen atoms in total. The quantitative estimate of drug-likeness (QED) is 0.736. The van der Waals surface area contributed by atoms with Crippen LogP contribution >= 0.6 is 0 Å². The summed E-state index contributed by atoms with van der Waals surface area (Å²) in [7, 11) is 0. The number of carbonyl (C=O) groups is 1. The van der Waals surface area contributed by atoms with Crippen LogP contribution in [-0.2, 0) is 0 Å². The molecule has 1 unspecified atom stereocenters. The van der Waals surface area contributed by atoms with E-state index in [0.29, 0.717) is 13.1 Å². The summed E-state index contributed by atoms with van der Waals surface area (Å²) in [5.74, 6) is -0.571. The lowest BCUT2D eigenvalue weighted by Crippen LogP contribution is -2.52. The van der Waals surface area contributed by atoms with Crippen molar-refractivity contribution in [3.8, 4) is 11.5 Å². The van der Waals surface area contributed by atoms with Gasteiger partial charge in [-0.3, -0.25) is 4.79 Å². The molecular weight excluding hydrogens is 268 g/mol. The van der Waals surface area contributed by atoms with Crippen molar-refractivity contribution in [2.75, 3.05) is 26.2 Å². The van der Waals surface area contributed by atoms with Gasteiger partial charge in [-0.1, -0.05) is 6.07 Å². The number of aromatic hydroxyl groups is 2. The average Bonchev–Trinajstić information content (AvgIpc) is 2.48. The lowest BCUT2D eigenvalue weighted by Gasteiger charge is -2.45. The van der Waals surface area contributed by atoms with Gasteiger partial charge in [0, 0.05) is 25.0 Å². The first-order chi connectivity index (χ1) is 10.1. The van der Waals surface area contributed by atoms with Crippen LogP contribution < -0.4 is 5.32 Å². The zero-order chi connectivity index (χ0) is 14.9. The van der Waals surface area contributed by atoms with Crippen molar-refractivity contribution < 1.29 is 15.0 Å². The molecule has 1 aromatic carbocycles. The van der Waals surface area contributed by atoms with E-state index in [2.05, 4.69) is 5.32 Å². The van der Waals surface area contributed by atoms with E-state index >= 15 is 0 Å². The van der Waals surface area contributed by atoms with Crippen molar-refractivity contribution in [1.29, 1.82) is 0 Å². The molecule has 2 saturated heterocycles. The second-order valence-corrected chi connectivity index (χ2v) is 6.28. The maximum absolute atomic E-state index is 12.7. The number of nitrogens with one attached hydrogen (secondary N) is 1.